The number of benzene rings is 2. The van der Waals surface area contributed by atoms with Gasteiger partial charge in [0, 0.05) is 19.5 Å². The fourth-order valence-corrected chi connectivity index (χ4v) is 3.71. The number of fused-ring (bicyclic) bond motifs is 1. The van der Waals surface area contributed by atoms with E-state index in [9.17, 15) is 19.2 Å². The van der Waals surface area contributed by atoms with Crippen molar-refractivity contribution in [3.8, 4) is 11.5 Å². The molecule has 0 aliphatic carbocycles. The lowest BCUT2D eigenvalue weighted by Crippen LogP contribution is -2.54. The Morgan fingerprint density at radius 1 is 1.03 bits per heavy atom. The van der Waals surface area contributed by atoms with Crippen LogP contribution in [0.15, 0.2) is 42.5 Å². The number of ether oxygens (including phenoxy) is 2. The summed E-state index contributed by atoms with van der Waals surface area (Å²) in [6, 6.07) is 11.4. The summed E-state index contributed by atoms with van der Waals surface area (Å²) in [6.07, 6.45) is 0.186. The molecule has 1 saturated heterocycles. The SMILES string of the molecule is COc1cc(OCc2ccccc2)c2c(c1)C(=O)N(C1CCC(=O)N(C)C1=O)C2=O. The average Bonchev–Trinajstić information content (AvgIpc) is 3.01. The van der Waals surface area contributed by atoms with Gasteiger partial charge in [0.1, 0.15) is 24.1 Å². The van der Waals surface area contributed by atoms with Gasteiger partial charge >= 0.3 is 0 Å². The van der Waals surface area contributed by atoms with Crippen molar-refractivity contribution in [2.75, 3.05) is 14.2 Å². The van der Waals surface area contributed by atoms with Gasteiger partial charge in [-0.05, 0) is 18.1 Å². The maximum absolute atomic E-state index is 13.2. The smallest absolute Gasteiger partial charge is 0.266 e. The normalized spacial score (nSPS) is 18.7. The van der Waals surface area contributed by atoms with Crippen LogP contribution in [0.5, 0.6) is 11.5 Å². The fraction of sp³-hybridized carbons (Fsp3) is 0.273. The number of amides is 4. The summed E-state index contributed by atoms with van der Waals surface area (Å²) in [7, 11) is 2.80. The molecule has 0 radical (unpaired) electrons. The molecule has 1 atom stereocenters. The van der Waals surface area contributed by atoms with Gasteiger partial charge in [-0.1, -0.05) is 30.3 Å². The number of carbonyl (C=O) groups excluding carboxylic acids is 4. The van der Waals surface area contributed by atoms with E-state index in [0.29, 0.717) is 5.75 Å². The number of imide groups is 2. The lowest BCUT2D eigenvalue weighted by Gasteiger charge is -2.32. The van der Waals surface area contributed by atoms with Gasteiger partial charge in [0.2, 0.25) is 5.91 Å². The van der Waals surface area contributed by atoms with Crippen molar-refractivity contribution in [3.05, 3.63) is 59.2 Å². The number of likely N-dealkylation sites (tertiary alicyclic amines) is 1. The van der Waals surface area contributed by atoms with E-state index in [1.54, 1.807) is 6.07 Å². The summed E-state index contributed by atoms with van der Waals surface area (Å²) < 4.78 is 11.1. The fourth-order valence-electron chi connectivity index (χ4n) is 3.71. The van der Waals surface area contributed by atoms with Crippen LogP contribution in [0.2, 0.25) is 0 Å². The van der Waals surface area contributed by atoms with Crippen LogP contribution in [0, 0.1) is 0 Å². The Morgan fingerprint density at radius 2 is 1.77 bits per heavy atom. The third-order valence-corrected chi connectivity index (χ3v) is 5.36. The average molecular weight is 408 g/mol. The van der Waals surface area contributed by atoms with Crippen LogP contribution < -0.4 is 9.47 Å². The van der Waals surface area contributed by atoms with E-state index < -0.39 is 23.8 Å². The van der Waals surface area contributed by atoms with Gasteiger partial charge in [-0.3, -0.25) is 29.0 Å². The largest absolute Gasteiger partial charge is 0.497 e. The topological polar surface area (TPSA) is 93.2 Å². The van der Waals surface area contributed by atoms with Crippen LogP contribution in [0.4, 0.5) is 0 Å². The Bertz CT molecular complexity index is 1050. The molecule has 1 fully saturated rings. The molecule has 2 aliphatic heterocycles. The zero-order chi connectivity index (χ0) is 21.4. The van der Waals surface area contributed by atoms with E-state index in [0.717, 1.165) is 15.4 Å². The number of carbonyl (C=O) groups is 4. The van der Waals surface area contributed by atoms with Crippen LogP contribution in [0.3, 0.4) is 0 Å². The van der Waals surface area contributed by atoms with E-state index in [-0.39, 0.29) is 42.2 Å². The number of hydrogen-bond donors (Lipinski definition) is 0. The van der Waals surface area contributed by atoms with Gasteiger partial charge in [-0.25, -0.2) is 0 Å². The Morgan fingerprint density at radius 3 is 2.47 bits per heavy atom. The molecular weight excluding hydrogens is 388 g/mol. The molecular formula is C22H20N2O6. The minimum Gasteiger partial charge on any atom is -0.497 e. The van der Waals surface area contributed by atoms with Crippen molar-refractivity contribution >= 4 is 23.6 Å². The monoisotopic (exact) mass is 408 g/mol. The summed E-state index contributed by atoms with van der Waals surface area (Å²) in [5.74, 6) is -1.54. The van der Waals surface area contributed by atoms with Gasteiger partial charge < -0.3 is 9.47 Å². The molecule has 30 heavy (non-hydrogen) atoms. The molecule has 0 N–H and O–H groups in total. The summed E-state index contributed by atoms with van der Waals surface area (Å²) >= 11 is 0. The molecule has 4 amide bonds. The van der Waals surface area contributed by atoms with Crippen molar-refractivity contribution in [1.29, 1.82) is 0 Å². The number of rotatable bonds is 5. The quantitative estimate of drug-likeness (QED) is 0.703. The van der Waals surface area contributed by atoms with E-state index in [1.807, 2.05) is 30.3 Å². The van der Waals surface area contributed by atoms with Crippen molar-refractivity contribution in [3.63, 3.8) is 0 Å². The summed E-state index contributed by atoms with van der Waals surface area (Å²) in [5.41, 5.74) is 1.11. The zero-order valence-corrected chi connectivity index (χ0v) is 16.6. The van der Waals surface area contributed by atoms with Crippen LogP contribution >= 0.6 is 0 Å². The molecule has 4 rings (SSSR count). The molecule has 0 spiro atoms. The predicted octanol–water partition coefficient (Wildman–Crippen LogP) is 2.02. The third-order valence-electron chi connectivity index (χ3n) is 5.36. The minimum atomic E-state index is -1.02. The second-order valence-corrected chi connectivity index (χ2v) is 7.15. The molecule has 2 aliphatic rings. The van der Waals surface area contributed by atoms with Crippen LogP contribution in [-0.4, -0.2) is 53.6 Å². The summed E-state index contributed by atoms with van der Waals surface area (Å²) in [5, 5.41) is 0. The van der Waals surface area contributed by atoms with Gasteiger partial charge in [0.25, 0.3) is 17.7 Å². The highest BCUT2D eigenvalue weighted by Crippen LogP contribution is 2.37. The van der Waals surface area contributed by atoms with Crippen molar-refractivity contribution in [2.45, 2.75) is 25.5 Å². The van der Waals surface area contributed by atoms with Crippen LogP contribution in [0.25, 0.3) is 0 Å². The lowest BCUT2D eigenvalue weighted by molar-refractivity contribution is -0.149. The van der Waals surface area contributed by atoms with Gasteiger partial charge in [0.05, 0.1) is 18.2 Å². The molecule has 2 heterocycles. The first-order valence-electron chi connectivity index (χ1n) is 9.49. The second kappa shape index (κ2) is 7.62. The first-order chi connectivity index (χ1) is 14.4. The van der Waals surface area contributed by atoms with Gasteiger partial charge in [-0.15, -0.1) is 0 Å². The lowest BCUT2D eigenvalue weighted by atomic mass is 10.0. The Kier molecular flexibility index (Phi) is 4.99. The number of nitrogens with zero attached hydrogens (tertiary/aromatic N) is 2. The van der Waals surface area contributed by atoms with Crippen molar-refractivity contribution in [1.82, 2.24) is 9.80 Å². The summed E-state index contributed by atoms with van der Waals surface area (Å²) in [6.45, 7) is 0.196. The number of piperidine rings is 1. The molecule has 0 aromatic heterocycles. The zero-order valence-electron chi connectivity index (χ0n) is 16.6. The molecule has 2 aromatic carbocycles. The molecule has 8 nitrogen and oxygen atoms in total. The standard InChI is InChI=1S/C22H20N2O6/c1-23-18(25)9-8-16(21(23)27)24-20(26)15-10-14(29-2)11-17(19(15)22(24)28)30-12-13-6-4-3-5-7-13/h3-7,10-11,16H,8-9,12H2,1-2H3. The van der Waals surface area contributed by atoms with Crippen LogP contribution in [0.1, 0.15) is 39.1 Å². The van der Waals surface area contributed by atoms with Gasteiger partial charge in [-0.2, -0.15) is 0 Å². The third kappa shape index (κ3) is 3.20. The Hall–Kier alpha value is -3.68. The molecule has 1 unspecified atom stereocenters. The highest BCUT2D eigenvalue weighted by Gasteiger charge is 2.47. The molecule has 2 aromatic rings. The maximum atomic E-state index is 13.2. The predicted molar refractivity (Wildman–Crippen MR) is 105 cm³/mol. The van der Waals surface area contributed by atoms with E-state index in [4.69, 9.17) is 9.47 Å². The highest BCUT2D eigenvalue weighted by atomic mass is 16.5. The molecule has 0 saturated carbocycles. The number of hydrogen-bond acceptors (Lipinski definition) is 6. The molecule has 8 heteroatoms. The van der Waals surface area contributed by atoms with E-state index >= 15 is 0 Å². The first kappa shape index (κ1) is 19.6. The minimum absolute atomic E-state index is 0.0843. The van der Waals surface area contributed by atoms with E-state index in [1.165, 1.54) is 20.2 Å². The Labute approximate surface area is 173 Å². The molecule has 154 valence electrons. The first-order valence-corrected chi connectivity index (χ1v) is 9.49. The number of likely N-dealkylation sites (N-methyl/N-ethyl adjacent to an activating group) is 1. The van der Waals surface area contributed by atoms with E-state index in [2.05, 4.69) is 0 Å². The van der Waals surface area contributed by atoms with Crippen molar-refractivity contribution < 1.29 is 28.7 Å². The second-order valence-electron chi connectivity index (χ2n) is 7.15. The van der Waals surface area contributed by atoms with Crippen LogP contribution in [-0.2, 0) is 16.2 Å². The maximum Gasteiger partial charge on any atom is 0.266 e. The van der Waals surface area contributed by atoms with Gasteiger partial charge in [0.15, 0.2) is 0 Å². The number of methoxy groups -OCH3 is 1. The highest BCUT2D eigenvalue weighted by molar-refractivity contribution is 6.24. The Balaban J connectivity index is 1.69. The molecule has 0 bridgehead atoms. The van der Waals surface area contributed by atoms with Crippen molar-refractivity contribution in [2.24, 2.45) is 0 Å². The summed E-state index contributed by atoms with van der Waals surface area (Å²) in [4.78, 5) is 52.5.